The van der Waals surface area contributed by atoms with Crippen LogP contribution in [0.1, 0.15) is 43.4 Å². The summed E-state index contributed by atoms with van der Waals surface area (Å²) in [4.78, 5) is 24.6. The van der Waals surface area contributed by atoms with E-state index in [-0.39, 0.29) is 6.61 Å². The number of benzene rings is 1. The normalized spacial score (nSPS) is 17.4. The average Bonchev–Trinajstić information content (AvgIpc) is 3.45. The average molecular weight is 441 g/mol. The highest BCUT2D eigenvalue weighted by molar-refractivity contribution is 7.08. The van der Waals surface area contributed by atoms with Gasteiger partial charge in [0.05, 0.1) is 30.8 Å². The first-order valence-electron chi connectivity index (χ1n) is 10.2. The number of thiophene rings is 1. The van der Waals surface area contributed by atoms with E-state index in [4.69, 9.17) is 9.47 Å². The van der Waals surface area contributed by atoms with Crippen molar-refractivity contribution in [1.82, 2.24) is 10.6 Å². The Labute approximate surface area is 187 Å². The molecule has 2 N–H and O–H groups in total. The number of dihydropyridines is 1. The minimum atomic E-state index is -0.473. The number of hydrogen-bond acceptors (Lipinski definition) is 7. The standard InChI is InChI=1S/C16H19NO4S.C8H9N/c1-5-21-16(19)13-10(3)17-9(2)12(15(18)20-4)14(13)11-6-7-22-8-11;1-2-4-8-6-9-5-7(8)3-1/h6-8,14,17H,5H2,1-4H3;1-4,9H,5-6H2. The molecule has 6 nitrogen and oxygen atoms in total. The van der Waals surface area contributed by atoms with Crippen LogP contribution in [0.4, 0.5) is 0 Å². The number of fused-ring (bicyclic) bond motifs is 1. The first-order chi connectivity index (χ1) is 15.0. The van der Waals surface area contributed by atoms with Gasteiger partial charge in [-0.25, -0.2) is 9.59 Å². The van der Waals surface area contributed by atoms with Crippen LogP contribution < -0.4 is 10.6 Å². The summed E-state index contributed by atoms with van der Waals surface area (Å²) < 4.78 is 10.1. The summed E-state index contributed by atoms with van der Waals surface area (Å²) in [6, 6.07) is 10.4. The van der Waals surface area contributed by atoms with Crippen LogP contribution in [-0.2, 0) is 32.2 Å². The molecule has 2 aliphatic rings. The molecule has 31 heavy (non-hydrogen) atoms. The number of carbonyl (C=O) groups excluding carboxylic acids is 2. The number of nitrogens with one attached hydrogen (secondary N) is 2. The molecule has 0 fully saturated rings. The molecule has 0 spiro atoms. The number of rotatable bonds is 4. The molecular weight excluding hydrogens is 412 g/mol. The molecule has 7 heteroatoms. The SMILES string of the molecule is CCOC(=O)C1=C(C)NC(C)=C(C(=O)OC)C1c1ccsc1.c1ccc2c(c1)CNC2. The number of ether oxygens (including phenoxy) is 2. The van der Waals surface area contributed by atoms with Gasteiger partial charge in [-0.15, -0.1) is 0 Å². The molecule has 2 aliphatic heterocycles. The van der Waals surface area contributed by atoms with Gasteiger partial charge in [0.1, 0.15) is 0 Å². The zero-order chi connectivity index (χ0) is 22.4. The van der Waals surface area contributed by atoms with Crippen LogP contribution in [0.15, 0.2) is 63.6 Å². The summed E-state index contributed by atoms with van der Waals surface area (Å²) in [5.41, 5.74) is 6.07. The Morgan fingerprint density at radius 1 is 1.03 bits per heavy atom. The molecule has 4 rings (SSSR count). The van der Waals surface area contributed by atoms with Crippen LogP contribution in [0.3, 0.4) is 0 Å². The van der Waals surface area contributed by atoms with E-state index in [1.165, 1.54) is 29.6 Å². The second-order valence-electron chi connectivity index (χ2n) is 7.28. The second-order valence-corrected chi connectivity index (χ2v) is 8.06. The molecule has 0 bridgehead atoms. The van der Waals surface area contributed by atoms with Gasteiger partial charge in [-0.05, 0) is 54.3 Å². The summed E-state index contributed by atoms with van der Waals surface area (Å²) in [7, 11) is 1.34. The fraction of sp³-hybridized carbons (Fsp3) is 0.333. The Bertz CT molecular complexity index is 985. The molecule has 1 aromatic carbocycles. The van der Waals surface area contributed by atoms with Gasteiger partial charge in [-0.1, -0.05) is 24.3 Å². The lowest BCUT2D eigenvalue weighted by Gasteiger charge is -2.29. The smallest absolute Gasteiger partial charge is 0.336 e. The number of hydrogen-bond donors (Lipinski definition) is 2. The summed E-state index contributed by atoms with van der Waals surface area (Å²) in [6.07, 6.45) is 0. The number of esters is 2. The Morgan fingerprint density at radius 3 is 2.16 bits per heavy atom. The zero-order valence-corrected chi connectivity index (χ0v) is 19.1. The highest BCUT2D eigenvalue weighted by atomic mass is 32.1. The van der Waals surface area contributed by atoms with E-state index < -0.39 is 17.9 Å². The molecule has 0 saturated heterocycles. The summed E-state index contributed by atoms with van der Waals surface area (Å²) in [6.45, 7) is 7.75. The van der Waals surface area contributed by atoms with E-state index in [9.17, 15) is 9.59 Å². The second kappa shape index (κ2) is 10.4. The number of carbonyl (C=O) groups is 2. The van der Waals surface area contributed by atoms with E-state index in [0.29, 0.717) is 22.5 Å². The quantitative estimate of drug-likeness (QED) is 0.700. The van der Waals surface area contributed by atoms with Crippen LogP contribution in [0, 0.1) is 0 Å². The van der Waals surface area contributed by atoms with Crippen LogP contribution in [0.5, 0.6) is 0 Å². The third kappa shape index (κ3) is 5.06. The van der Waals surface area contributed by atoms with Crippen LogP contribution in [0.2, 0.25) is 0 Å². The van der Waals surface area contributed by atoms with Crippen molar-refractivity contribution in [3.8, 4) is 0 Å². The predicted molar refractivity (Wildman–Crippen MR) is 121 cm³/mol. The fourth-order valence-corrected chi connectivity index (χ4v) is 4.55. The van der Waals surface area contributed by atoms with Crippen molar-refractivity contribution in [2.45, 2.75) is 39.8 Å². The predicted octanol–water partition coefficient (Wildman–Crippen LogP) is 4.01. The highest BCUT2D eigenvalue weighted by Crippen LogP contribution is 2.39. The Kier molecular flexibility index (Phi) is 7.65. The maximum absolute atomic E-state index is 12.4. The minimum Gasteiger partial charge on any atom is -0.466 e. The van der Waals surface area contributed by atoms with Gasteiger partial charge in [0.15, 0.2) is 0 Å². The lowest BCUT2D eigenvalue weighted by molar-refractivity contribution is -0.139. The van der Waals surface area contributed by atoms with Gasteiger partial charge in [0.25, 0.3) is 0 Å². The van der Waals surface area contributed by atoms with Crippen molar-refractivity contribution in [3.63, 3.8) is 0 Å². The third-order valence-electron chi connectivity index (χ3n) is 5.29. The van der Waals surface area contributed by atoms with Crippen LogP contribution in [-0.4, -0.2) is 25.7 Å². The lowest BCUT2D eigenvalue weighted by Crippen LogP contribution is -2.32. The van der Waals surface area contributed by atoms with E-state index in [0.717, 1.165) is 18.7 Å². The molecule has 3 heterocycles. The first kappa shape index (κ1) is 22.8. The minimum absolute atomic E-state index is 0.280. The van der Waals surface area contributed by atoms with E-state index in [2.05, 4.69) is 34.9 Å². The van der Waals surface area contributed by atoms with Crippen molar-refractivity contribution < 1.29 is 19.1 Å². The van der Waals surface area contributed by atoms with Crippen LogP contribution >= 0.6 is 11.3 Å². The molecule has 1 unspecified atom stereocenters. The van der Waals surface area contributed by atoms with Crippen LogP contribution in [0.25, 0.3) is 0 Å². The number of allylic oxidation sites excluding steroid dienone is 2. The fourth-order valence-electron chi connectivity index (χ4n) is 3.86. The monoisotopic (exact) mass is 440 g/mol. The molecule has 1 aromatic heterocycles. The number of methoxy groups -OCH3 is 1. The van der Waals surface area contributed by atoms with E-state index >= 15 is 0 Å². The summed E-state index contributed by atoms with van der Waals surface area (Å²) >= 11 is 1.51. The molecule has 0 amide bonds. The molecule has 0 radical (unpaired) electrons. The largest absolute Gasteiger partial charge is 0.466 e. The van der Waals surface area contributed by atoms with Gasteiger partial charge < -0.3 is 20.1 Å². The van der Waals surface area contributed by atoms with Gasteiger partial charge in [0.2, 0.25) is 0 Å². The molecule has 0 saturated carbocycles. The van der Waals surface area contributed by atoms with E-state index in [1.807, 2.05) is 23.8 Å². The van der Waals surface area contributed by atoms with Crippen molar-refractivity contribution in [3.05, 3.63) is 80.3 Å². The lowest BCUT2D eigenvalue weighted by atomic mass is 9.81. The third-order valence-corrected chi connectivity index (χ3v) is 5.99. The first-order valence-corrected chi connectivity index (χ1v) is 11.2. The molecular formula is C24H28N2O4S. The molecule has 164 valence electrons. The van der Waals surface area contributed by atoms with Crippen molar-refractivity contribution in [1.29, 1.82) is 0 Å². The highest BCUT2D eigenvalue weighted by Gasteiger charge is 2.37. The van der Waals surface area contributed by atoms with Crippen molar-refractivity contribution >= 4 is 23.3 Å². The summed E-state index contributed by atoms with van der Waals surface area (Å²) in [5.74, 6) is -1.34. The van der Waals surface area contributed by atoms with Gasteiger partial charge in [-0.3, -0.25) is 0 Å². The van der Waals surface area contributed by atoms with Gasteiger partial charge in [-0.2, -0.15) is 11.3 Å². The maximum Gasteiger partial charge on any atom is 0.336 e. The Morgan fingerprint density at radius 2 is 1.65 bits per heavy atom. The van der Waals surface area contributed by atoms with E-state index in [1.54, 1.807) is 13.8 Å². The Hall–Kier alpha value is -2.90. The van der Waals surface area contributed by atoms with Crippen molar-refractivity contribution in [2.24, 2.45) is 0 Å². The Balaban J connectivity index is 0.000000248. The summed E-state index contributed by atoms with van der Waals surface area (Å²) in [5, 5.41) is 10.2. The zero-order valence-electron chi connectivity index (χ0n) is 18.3. The van der Waals surface area contributed by atoms with Crippen molar-refractivity contribution in [2.75, 3.05) is 13.7 Å². The van der Waals surface area contributed by atoms with Gasteiger partial charge >= 0.3 is 11.9 Å². The topological polar surface area (TPSA) is 76.7 Å². The molecule has 2 aromatic rings. The van der Waals surface area contributed by atoms with Gasteiger partial charge in [0, 0.05) is 24.5 Å². The molecule has 1 atom stereocenters. The molecule has 0 aliphatic carbocycles. The maximum atomic E-state index is 12.4.